The van der Waals surface area contributed by atoms with Crippen LogP contribution >= 0.6 is 0 Å². The molecule has 5 rings (SSSR count). The maximum Gasteiger partial charge on any atom is 0.236 e. The zero-order valence-corrected chi connectivity index (χ0v) is 20.5. The van der Waals surface area contributed by atoms with Gasteiger partial charge in [-0.3, -0.25) is 4.79 Å². The largest absolute Gasteiger partial charge is 0.314 e. The second kappa shape index (κ2) is 8.16. The fraction of sp³-hybridized carbons (Fsp3) is 0.167. The molecule has 1 amide bonds. The third-order valence-electron chi connectivity index (χ3n) is 7.30. The Balaban J connectivity index is 1.82. The molecule has 4 aromatic rings. The van der Waals surface area contributed by atoms with E-state index in [1.54, 1.807) is 0 Å². The minimum atomic E-state index is -2.57. The zero-order chi connectivity index (χ0) is 23.1. The van der Waals surface area contributed by atoms with E-state index < -0.39 is 13.5 Å². The molecule has 2 nitrogen and oxygen atoms in total. The van der Waals surface area contributed by atoms with Crippen LogP contribution in [-0.2, 0) is 10.2 Å². The minimum absolute atomic E-state index is 0.183. The number of aryl methyl sites for hydroxylation is 1. The van der Waals surface area contributed by atoms with Gasteiger partial charge in [0, 0.05) is 12.7 Å². The molecule has 1 aliphatic rings. The van der Waals surface area contributed by atoms with Crippen LogP contribution in [-0.4, -0.2) is 21.0 Å². The number of nitrogens with zero attached hydrogens (tertiary/aromatic N) is 1. The fourth-order valence-corrected chi connectivity index (χ4v) is 11.0. The molecule has 33 heavy (non-hydrogen) atoms. The third kappa shape index (κ3) is 3.35. The standard InChI is InChI=1S/C30H29NOSi/c1-23-19-20-28-27(21-23)30(2,29(32)31(28)3)22-33(24-13-7-4-8-14-24,25-15-9-5-10-16-25)26-17-11-6-12-18-26/h4-21H,22H2,1-3H3. The Hall–Kier alpha value is -3.43. The molecule has 0 bridgehead atoms. The monoisotopic (exact) mass is 447 g/mol. The number of anilines is 1. The quantitative estimate of drug-likeness (QED) is 0.328. The van der Waals surface area contributed by atoms with Gasteiger partial charge >= 0.3 is 0 Å². The normalized spacial score (nSPS) is 17.8. The van der Waals surface area contributed by atoms with E-state index >= 15 is 0 Å². The molecule has 1 aliphatic heterocycles. The Morgan fingerprint density at radius 3 is 1.64 bits per heavy atom. The van der Waals surface area contributed by atoms with Crippen LogP contribution in [0, 0.1) is 6.92 Å². The van der Waals surface area contributed by atoms with Crippen LogP contribution in [0.3, 0.4) is 0 Å². The average molecular weight is 448 g/mol. The van der Waals surface area contributed by atoms with E-state index in [0.29, 0.717) is 0 Å². The summed E-state index contributed by atoms with van der Waals surface area (Å²) in [6.45, 7) is 4.27. The second-order valence-electron chi connectivity index (χ2n) is 9.40. The van der Waals surface area contributed by atoms with E-state index in [1.165, 1.54) is 21.1 Å². The zero-order valence-electron chi connectivity index (χ0n) is 19.5. The highest BCUT2D eigenvalue weighted by Gasteiger charge is 2.53. The predicted octanol–water partition coefficient (Wildman–Crippen LogP) is 4.40. The lowest BCUT2D eigenvalue weighted by Gasteiger charge is -2.39. The first-order valence-electron chi connectivity index (χ1n) is 11.5. The predicted molar refractivity (Wildman–Crippen MR) is 141 cm³/mol. The lowest BCUT2D eigenvalue weighted by Crippen LogP contribution is -2.69. The van der Waals surface area contributed by atoms with Crippen molar-refractivity contribution in [2.24, 2.45) is 0 Å². The number of likely N-dealkylation sites (N-methyl/N-ethyl adjacent to an activating group) is 1. The van der Waals surface area contributed by atoms with Gasteiger partial charge in [-0.25, -0.2) is 0 Å². The Labute approximate surface area is 197 Å². The summed E-state index contributed by atoms with van der Waals surface area (Å²) in [5.74, 6) is 0.183. The van der Waals surface area contributed by atoms with Crippen LogP contribution in [0.25, 0.3) is 0 Å². The molecule has 1 unspecified atom stereocenters. The van der Waals surface area contributed by atoms with Crippen LogP contribution < -0.4 is 20.5 Å². The van der Waals surface area contributed by atoms with Crippen molar-refractivity contribution >= 4 is 35.2 Å². The molecular weight excluding hydrogens is 418 g/mol. The van der Waals surface area contributed by atoms with Gasteiger partial charge in [-0.05, 0) is 47.1 Å². The summed E-state index contributed by atoms with van der Waals surface area (Å²) >= 11 is 0. The second-order valence-corrected chi connectivity index (χ2v) is 13.3. The van der Waals surface area contributed by atoms with Crippen molar-refractivity contribution < 1.29 is 4.79 Å². The molecule has 0 radical (unpaired) electrons. The Morgan fingerprint density at radius 2 is 1.18 bits per heavy atom. The Morgan fingerprint density at radius 1 is 0.727 bits per heavy atom. The van der Waals surface area contributed by atoms with Crippen molar-refractivity contribution in [3.63, 3.8) is 0 Å². The highest BCUT2D eigenvalue weighted by atomic mass is 28.3. The SMILES string of the molecule is Cc1ccc2c(c1)C(C)(C[Si](c1ccccc1)(c1ccccc1)c1ccccc1)C(=O)N2C. The number of hydrogen-bond acceptors (Lipinski definition) is 1. The topological polar surface area (TPSA) is 20.3 Å². The van der Waals surface area contributed by atoms with E-state index in [0.717, 1.165) is 17.3 Å². The highest BCUT2D eigenvalue weighted by molar-refractivity contribution is 7.11. The molecule has 0 aromatic heterocycles. The molecule has 4 aromatic carbocycles. The summed E-state index contributed by atoms with van der Waals surface area (Å²) in [6.07, 6.45) is 0. The van der Waals surface area contributed by atoms with Gasteiger partial charge in [0.15, 0.2) is 0 Å². The van der Waals surface area contributed by atoms with E-state index in [1.807, 2.05) is 11.9 Å². The highest BCUT2D eigenvalue weighted by Crippen LogP contribution is 2.46. The molecule has 1 atom stereocenters. The summed E-state index contributed by atoms with van der Waals surface area (Å²) in [7, 11) is -0.651. The number of carbonyl (C=O) groups is 1. The maximum absolute atomic E-state index is 13.9. The van der Waals surface area contributed by atoms with Crippen LogP contribution in [0.1, 0.15) is 18.1 Å². The van der Waals surface area contributed by atoms with E-state index in [4.69, 9.17) is 0 Å². The number of benzene rings is 4. The summed E-state index contributed by atoms with van der Waals surface area (Å²) in [4.78, 5) is 15.8. The van der Waals surface area contributed by atoms with Crippen LogP contribution in [0.5, 0.6) is 0 Å². The van der Waals surface area contributed by atoms with Crippen LogP contribution in [0.15, 0.2) is 109 Å². The molecule has 0 N–H and O–H groups in total. The molecule has 0 saturated heterocycles. The van der Waals surface area contributed by atoms with E-state index in [9.17, 15) is 4.79 Å². The first kappa shape index (κ1) is 21.4. The van der Waals surface area contributed by atoms with Gasteiger partial charge in [0.2, 0.25) is 5.91 Å². The van der Waals surface area contributed by atoms with E-state index in [2.05, 4.69) is 123 Å². The molecule has 0 saturated carbocycles. The molecule has 0 spiro atoms. The summed E-state index contributed by atoms with van der Waals surface area (Å²) < 4.78 is 0. The first-order valence-corrected chi connectivity index (χ1v) is 13.7. The first-order chi connectivity index (χ1) is 16.0. The van der Waals surface area contributed by atoms with Crippen molar-refractivity contribution in [2.45, 2.75) is 25.3 Å². The molecule has 164 valence electrons. The van der Waals surface area contributed by atoms with Gasteiger partial charge in [0.25, 0.3) is 0 Å². The smallest absolute Gasteiger partial charge is 0.236 e. The lowest BCUT2D eigenvalue weighted by atomic mass is 9.85. The van der Waals surface area contributed by atoms with Crippen molar-refractivity contribution in [3.8, 4) is 0 Å². The number of hydrogen-bond donors (Lipinski definition) is 0. The molecule has 0 fully saturated rings. The van der Waals surface area contributed by atoms with Crippen LogP contribution in [0.2, 0.25) is 6.04 Å². The van der Waals surface area contributed by atoms with Gasteiger partial charge in [-0.15, -0.1) is 0 Å². The lowest BCUT2D eigenvalue weighted by molar-refractivity contribution is -0.121. The summed E-state index contributed by atoms with van der Waals surface area (Å²) in [5, 5.41) is 4.00. The van der Waals surface area contributed by atoms with Crippen molar-refractivity contribution in [3.05, 3.63) is 120 Å². The number of amides is 1. The number of carbonyl (C=O) groups excluding carboxylic acids is 1. The van der Waals surface area contributed by atoms with Crippen molar-refractivity contribution in [2.75, 3.05) is 11.9 Å². The summed E-state index contributed by atoms with van der Waals surface area (Å²) in [6, 6.07) is 39.8. The van der Waals surface area contributed by atoms with Gasteiger partial charge in [-0.2, -0.15) is 0 Å². The summed E-state index contributed by atoms with van der Waals surface area (Å²) in [5.41, 5.74) is 2.76. The van der Waals surface area contributed by atoms with Gasteiger partial charge in [-0.1, -0.05) is 109 Å². The van der Waals surface area contributed by atoms with Crippen LogP contribution in [0.4, 0.5) is 5.69 Å². The fourth-order valence-electron chi connectivity index (χ4n) is 5.65. The van der Waals surface area contributed by atoms with E-state index in [-0.39, 0.29) is 5.91 Å². The molecule has 0 aliphatic carbocycles. The van der Waals surface area contributed by atoms with Gasteiger partial charge < -0.3 is 4.90 Å². The maximum atomic E-state index is 13.9. The number of rotatable bonds is 5. The Bertz CT molecular complexity index is 1190. The average Bonchev–Trinajstić information content (AvgIpc) is 3.05. The van der Waals surface area contributed by atoms with Gasteiger partial charge in [0.1, 0.15) is 8.07 Å². The third-order valence-corrected chi connectivity index (χ3v) is 12.5. The molecular formula is C30H29NOSi. The van der Waals surface area contributed by atoms with Gasteiger partial charge in [0.05, 0.1) is 5.41 Å². The molecule has 3 heteroatoms. The van der Waals surface area contributed by atoms with Crippen molar-refractivity contribution in [1.29, 1.82) is 0 Å². The Kier molecular flexibility index (Phi) is 5.30. The minimum Gasteiger partial charge on any atom is -0.314 e. The van der Waals surface area contributed by atoms with Crippen molar-refractivity contribution in [1.82, 2.24) is 0 Å². The number of fused-ring (bicyclic) bond motifs is 1. The molecule has 1 heterocycles.